The summed E-state index contributed by atoms with van der Waals surface area (Å²) < 4.78 is 0. The van der Waals surface area contributed by atoms with Gasteiger partial charge in [-0.15, -0.1) is 0 Å². The first-order valence-corrected chi connectivity index (χ1v) is 7.25. The summed E-state index contributed by atoms with van der Waals surface area (Å²) in [5.41, 5.74) is 3.37. The predicted octanol–water partition coefficient (Wildman–Crippen LogP) is 2.69. The van der Waals surface area contributed by atoms with E-state index in [1.165, 1.54) is 0 Å². The lowest BCUT2D eigenvalue weighted by atomic mass is 10.2. The molecule has 1 aromatic heterocycles. The molecular weight excluding hydrogens is 276 g/mol. The number of anilines is 2. The van der Waals surface area contributed by atoms with Gasteiger partial charge in [-0.1, -0.05) is 12.1 Å². The monoisotopic (exact) mass is 292 g/mol. The molecule has 0 unspecified atom stereocenters. The summed E-state index contributed by atoms with van der Waals surface area (Å²) in [6.45, 7) is 1.48. The molecular formula is C17H16N4O. The summed E-state index contributed by atoms with van der Waals surface area (Å²) in [7, 11) is 0. The molecule has 0 saturated carbocycles. The first-order valence-electron chi connectivity index (χ1n) is 7.25. The molecule has 0 atom stereocenters. The highest BCUT2D eigenvalue weighted by molar-refractivity contribution is 5.95. The number of aromatic nitrogens is 1. The first-order chi connectivity index (χ1) is 10.8. The van der Waals surface area contributed by atoms with Gasteiger partial charge in [-0.3, -0.25) is 4.79 Å². The standard InChI is InChI=1S/C17H16N4O/c18-10-14-5-6-15(12-20-14)19-11-13-3-7-16(8-4-13)21-9-1-2-17(21)22/h3-8,12,19H,1-2,9,11H2. The van der Waals surface area contributed by atoms with Crippen LogP contribution in [0.5, 0.6) is 0 Å². The van der Waals surface area contributed by atoms with Crippen molar-refractivity contribution in [3.8, 4) is 6.07 Å². The molecule has 0 spiro atoms. The van der Waals surface area contributed by atoms with Gasteiger partial charge >= 0.3 is 0 Å². The Morgan fingerprint density at radius 2 is 2.05 bits per heavy atom. The Labute approximate surface area is 129 Å². The van der Waals surface area contributed by atoms with E-state index < -0.39 is 0 Å². The molecule has 1 amide bonds. The van der Waals surface area contributed by atoms with Crippen LogP contribution in [0, 0.1) is 11.3 Å². The van der Waals surface area contributed by atoms with Crippen molar-refractivity contribution in [3.63, 3.8) is 0 Å². The van der Waals surface area contributed by atoms with Crippen LogP contribution in [0.4, 0.5) is 11.4 Å². The summed E-state index contributed by atoms with van der Waals surface area (Å²) in [6, 6.07) is 13.5. The van der Waals surface area contributed by atoms with Gasteiger partial charge < -0.3 is 10.2 Å². The maximum atomic E-state index is 11.7. The predicted molar refractivity (Wildman–Crippen MR) is 84.3 cm³/mol. The molecule has 2 aromatic rings. The number of nitrogens with one attached hydrogen (secondary N) is 1. The lowest BCUT2D eigenvalue weighted by Crippen LogP contribution is -2.23. The van der Waals surface area contributed by atoms with Gasteiger partial charge in [-0.05, 0) is 36.2 Å². The second kappa shape index (κ2) is 6.27. The smallest absolute Gasteiger partial charge is 0.227 e. The van der Waals surface area contributed by atoms with Gasteiger partial charge in [0.1, 0.15) is 11.8 Å². The van der Waals surface area contributed by atoms with Gasteiger partial charge in [0, 0.05) is 25.2 Å². The average Bonchev–Trinajstić information content (AvgIpc) is 3.00. The molecule has 1 aromatic carbocycles. The number of carbonyl (C=O) groups is 1. The van der Waals surface area contributed by atoms with Crippen molar-refractivity contribution in [2.45, 2.75) is 19.4 Å². The first kappa shape index (κ1) is 14.1. The molecule has 1 aliphatic rings. The van der Waals surface area contributed by atoms with Crippen molar-refractivity contribution in [2.75, 3.05) is 16.8 Å². The van der Waals surface area contributed by atoms with Crippen LogP contribution >= 0.6 is 0 Å². The number of benzene rings is 1. The summed E-state index contributed by atoms with van der Waals surface area (Å²) >= 11 is 0. The maximum absolute atomic E-state index is 11.7. The van der Waals surface area contributed by atoms with E-state index in [0.717, 1.165) is 29.9 Å². The lowest BCUT2D eigenvalue weighted by molar-refractivity contribution is -0.117. The zero-order chi connectivity index (χ0) is 15.4. The fourth-order valence-corrected chi connectivity index (χ4v) is 2.48. The van der Waals surface area contributed by atoms with E-state index in [9.17, 15) is 4.79 Å². The third kappa shape index (κ3) is 3.07. The number of hydrogen-bond donors (Lipinski definition) is 1. The Kier molecular flexibility index (Phi) is 4.01. The van der Waals surface area contributed by atoms with E-state index in [2.05, 4.69) is 10.3 Å². The van der Waals surface area contributed by atoms with Gasteiger partial charge in [-0.2, -0.15) is 5.26 Å². The molecule has 0 bridgehead atoms. The molecule has 1 N–H and O–H groups in total. The van der Waals surface area contributed by atoms with Gasteiger partial charge in [0.05, 0.1) is 11.9 Å². The zero-order valence-corrected chi connectivity index (χ0v) is 12.1. The average molecular weight is 292 g/mol. The minimum Gasteiger partial charge on any atom is -0.380 e. The Hall–Kier alpha value is -2.87. The van der Waals surface area contributed by atoms with Crippen LogP contribution in [-0.2, 0) is 11.3 Å². The fourth-order valence-electron chi connectivity index (χ4n) is 2.48. The Bertz CT molecular complexity index is 701. The summed E-state index contributed by atoms with van der Waals surface area (Å²) in [5.74, 6) is 0.203. The van der Waals surface area contributed by atoms with Crippen molar-refractivity contribution in [1.82, 2.24) is 4.98 Å². The third-order valence-corrected chi connectivity index (χ3v) is 3.70. The molecule has 1 saturated heterocycles. The van der Waals surface area contributed by atoms with E-state index in [-0.39, 0.29) is 5.91 Å². The number of nitrogens with zero attached hydrogens (tertiary/aromatic N) is 3. The SMILES string of the molecule is N#Cc1ccc(NCc2ccc(N3CCCC3=O)cc2)cn1. The van der Waals surface area contributed by atoms with Crippen molar-refractivity contribution < 1.29 is 4.79 Å². The van der Waals surface area contributed by atoms with E-state index in [1.807, 2.05) is 41.3 Å². The largest absolute Gasteiger partial charge is 0.380 e. The van der Waals surface area contributed by atoms with E-state index in [4.69, 9.17) is 5.26 Å². The Morgan fingerprint density at radius 1 is 1.23 bits per heavy atom. The molecule has 5 nitrogen and oxygen atoms in total. The molecule has 3 rings (SSSR count). The minimum absolute atomic E-state index is 0.203. The molecule has 2 heterocycles. The van der Waals surface area contributed by atoms with Crippen molar-refractivity contribution >= 4 is 17.3 Å². The summed E-state index contributed by atoms with van der Waals surface area (Å²) in [5, 5.41) is 12.0. The van der Waals surface area contributed by atoms with Gasteiger partial charge in [-0.25, -0.2) is 4.98 Å². The molecule has 0 radical (unpaired) electrons. The number of pyridine rings is 1. The Morgan fingerprint density at radius 3 is 2.64 bits per heavy atom. The van der Waals surface area contributed by atoms with Gasteiger partial charge in [0.2, 0.25) is 5.91 Å². The van der Waals surface area contributed by atoms with E-state index in [1.54, 1.807) is 12.3 Å². The highest BCUT2D eigenvalue weighted by Crippen LogP contribution is 2.21. The van der Waals surface area contributed by atoms with Crippen molar-refractivity contribution in [3.05, 3.63) is 53.9 Å². The molecule has 0 aliphatic carbocycles. The van der Waals surface area contributed by atoms with Crippen LogP contribution < -0.4 is 10.2 Å². The Balaban J connectivity index is 1.61. The van der Waals surface area contributed by atoms with Crippen LogP contribution in [0.3, 0.4) is 0 Å². The second-order valence-electron chi connectivity index (χ2n) is 5.21. The maximum Gasteiger partial charge on any atom is 0.227 e. The highest BCUT2D eigenvalue weighted by atomic mass is 16.2. The highest BCUT2D eigenvalue weighted by Gasteiger charge is 2.21. The number of hydrogen-bond acceptors (Lipinski definition) is 4. The van der Waals surface area contributed by atoms with Crippen LogP contribution in [0.15, 0.2) is 42.6 Å². The van der Waals surface area contributed by atoms with Crippen molar-refractivity contribution in [2.24, 2.45) is 0 Å². The second-order valence-corrected chi connectivity index (χ2v) is 5.21. The minimum atomic E-state index is 0.203. The molecule has 5 heteroatoms. The van der Waals surface area contributed by atoms with Crippen molar-refractivity contribution in [1.29, 1.82) is 5.26 Å². The van der Waals surface area contributed by atoms with Gasteiger partial charge in [0.25, 0.3) is 0 Å². The molecule has 1 aliphatic heterocycles. The van der Waals surface area contributed by atoms with Crippen LogP contribution in [0.1, 0.15) is 24.1 Å². The van der Waals surface area contributed by atoms with Gasteiger partial charge in [0.15, 0.2) is 0 Å². The summed E-state index contributed by atoms with van der Waals surface area (Å²) in [6.07, 6.45) is 3.23. The molecule has 110 valence electrons. The quantitative estimate of drug-likeness (QED) is 0.940. The topological polar surface area (TPSA) is 69.0 Å². The summed E-state index contributed by atoms with van der Waals surface area (Å²) in [4.78, 5) is 17.6. The normalized spacial score (nSPS) is 14.0. The van der Waals surface area contributed by atoms with Crippen LogP contribution in [0.2, 0.25) is 0 Å². The fraction of sp³-hybridized carbons (Fsp3) is 0.235. The molecule has 1 fully saturated rings. The third-order valence-electron chi connectivity index (χ3n) is 3.70. The number of nitriles is 1. The number of amides is 1. The van der Waals surface area contributed by atoms with E-state index in [0.29, 0.717) is 18.7 Å². The molecule has 22 heavy (non-hydrogen) atoms. The van der Waals surface area contributed by atoms with Crippen LogP contribution in [0.25, 0.3) is 0 Å². The lowest BCUT2D eigenvalue weighted by Gasteiger charge is -2.16. The van der Waals surface area contributed by atoms with E-state index >= 15 is 0 Å². The van der Waals surface area contributed by atoms with Crippen LogP contribution in [-0.4, -0.2) is 17.4 Å². The number of carbonyl (C=O) groups excluding carboxylic acids is 1. The zero-order valence-electron chi connectivity index (χ0n) is 12.1. The number of rotatable bonds is 4.